The molecule has 0 unspecified atom stereocenters. The molecule has 4 heteroatoms. The number of hydrogen-bond acceptors (Lipinski definition) is 2. The average molecular weight is 333 g/mol. The maximum atomic E-state index is 5.62. The van der Waals surface area contributed by atoms with E-state index in [1.165, 1.54) is 4.46 Å². The summed E-state index contributed by atoms with van der Waals surface area (Å²) in [4.78, 5) is 4.57. The van der Waals surface area contributed by atoms with Crippen LogP contribution in [-0.2, 0) is 4.74 Å². The molecule has 0 saturated carbocycles. The van der Waals surface area contributed by atoms with E-state index in [2.05, 4.69) is 44.2 Å². The molecule has 0 radical (unpaired) electrons. The van der Waals surface area contributed by atoms with Crippen LogP contribution in [0.5, 0.6) is 0 Å². The molecule has 0 fully saturated rings. The van der Waals surface area contributed by atoms with Gasteiger partial charge in [-0.2, -0.15) is 0 Å². The zero-order chi connectivity index (χ0) is 10.7. The monoisotopic (exact) mass is 333 g/mol. The van der Waals surface area contributed by atoms with Crippen molar-refractivity contribution in [3.8, 4) is 0 Å². The molecule has 1 atom stereocenters. The zero-order valence-corrected chi connectivity index (χ0v) is 11.7. The molecule has 2 nitrogen and oxygen atoms in total. The Balaban J connectivity index is 2.30. The second kappa shape index (κ2) is 5.15. The number of hydrogen-bond donors (Lipinski definition) is 0. The van der Waals surface area contributed by atoms with E-state index in [4.69, 9.17) is 4.74 Å². The van der Waals surface area contributed by atoms with Crippen LogP contribution in [0.25, 0.3) is 0 Å². The molecule has 1 aliphatic heterocycles. The third-order valence-corrected chi connectivity index (χ3v) is 5.29. The molecule has 0 spiro atoms. The SMILES string of the molecule is CC[C@@H]1COC(c2ccccc2[Se]Br)=N1. The van der Waals surface area contributed by atoms with Gasteiger partial charge in [-0.15, -0.1) is 0 Å². The first-order valence-corrected chi connectivity index (χ1v) is 9.80. The van der Waals surface area contributed by atoms with Crippen LogP contribution in [0.4, 0.5) is 0 Å². The van der Waals surface area contributed by atoms with Crippen molar-refractivity contribution in [1.82, 2.24) is 0 Å². The zero-order valence-electron chi connectivity index (χ0n) is 8.44. The fourth-order valence-corrected chi connectivity index (χ4v) is 3.72. The van der Waals surface area contributed by atoms with Gasteiger partial charge in [0.15, 0.2) is 0 Å². The number of benzene rings is 1. The quantitative estimate of drug-likeness (QED) is 0.774. The van der Waals surface area contributed by atoms with E-state index in [1.807, 2.05) is 6.07 Å². The summed E-state index contributed by atoms with van der Waals surface area (Å²) in [5, 5.41) is 0. The minimum absolute atomic E-state index is 0.305. The first-order valence-electron chi connectivity index (χ1n) is 4.93. The van der Waals surface area contributed by atoms with Crippen LogP contribution in [-0.4, -0.2) is 31.7 Å². The Morgan fingerprint density at radius 1 is 1.53 bits per heavy atom. The molecule has 0 aromatic heterocycles. The summed E-state index contributed by atoms with van der Waals surface area (Å²) in [5.41, 5.74) is 1.14. The number of halogens is 1. The first-order chi connectivity index (χ1) is 7.35. The van der Waals surface area contributed by atoms with Crippen LogP contribution in [0, 0.1) is 0 Å². The van der Waals surface area contributed by atoms with E-state index >= 15 is 0 Å². The summed E-state index contributed by atoms with van der Waals surface area (Å²) in [6, 6.07) is 8.62. The van der Waals surface area contributed by atoms with Crippen LogP contribution in [0.15, 0.2) is 29.3 Å². The molecule has 1 aromatic carbocycles. The van der Waals surface area contributed by atoms with Crippen molar-refractivity contribution in [3.63, 3.8) is 0 Å². The van der Waals surface area contributed by atoms with Crippen LogP contribution < -0.4 is 4.46 Å². The normalized spacial score (nSPS) is 19.9. The van der Waals surface area contributed by atoms with Gasteiger partial charge in [0.25, 0.3) is 0 Å². The number of nitrogens with zero attached hydrogens (tertiary/aromatic N) is 1. The predicted molar refractivity (Wildman–Crippen MR) is 67.3 cm³/mol. The van der Waals surface area contributed by atoms with Crippen LogP contribution in [0.2, 0.25) is 0 Å². The van der Waals surface area contributed by atoms with Gasteiger partial charge in [0.1, 0.15) is 0 Å². The number of aliphatic imine (C=N–C) groups is 1. The second-order valence-electron chi connectivity index (χ2n) is 3.38. The van der Waals surface area contributed by atoms with Crippen LogP contribution in [0.3, 0.4) is 0 Å². The molecular weight excluding hydrogens is 321 g/mol. The van der Waals surface area contributed by atoms with Gasteiger partial charge >= 0.3 is 103 Å². The van der Waals surface area contributed by atoms with Gasteiger partial charge in [-0.3, -0.25) is 0 Å². The maximum absolute atomic E-state index is 5.62. The molecular formula is C11H12BrNOSe. The first kappa shape index (κ1) is 11.2. The minimum atomic E-state index is 0.305. The summed E-state index contributed by atoms with van der Waals surface area (Å²) >= 11 is 3.84. The van der Waals surface area contributed by atoms with E-state index in [1.54, 1.807) is 0 Å². The summed E-state index contributed by atoms with van der Waals surface area (Å²) in [6.45, 7) is 2.87. The number of rotatable bonds is 3. The van der Waals surface area contributed by atoms with Gasteiger partial charge < -0.3 is 0 Å². The van der Waals surface area contributed by atoms with Crippen LogP contribution in [0.1, 0.15) is 18.9 Å². The third kappa shape index (κ3) is 2.44. The molecule has 0 amide bonds. The van der Waals surface area contributed by atoms with Crippen molar-refractivity contribution in [2.75, 3.05) is 6.61 Å². The molecule has 0 bridgehead atoms. The standard InChI is InChI=1S/C11H12BrNOSe/c1-2-8-7-14-11(13-8)9-5-3-4-6-10(9)15-12/h3-6,8H,2,7H2,1H3/t8-/m1/s1. The van der Waals surface area contributed by atoms with Gasteiger partial charge in [-0.1, -0.05) is 0 Å². The molecule has 1 aliphatic rings. The Labute approximate surface area is 103 Å². The van der Waals surface area contributed by atoms with E-state index in [9.17, 15) is 0 Å². The van der Waals surface area contributed by atoms with Gasteiger partial charge in [-0.25, -0.2) is 0 Å². The van der Waals surface area contributed by atoms with E-state index in [0.29, 0.717) is 19.2 Å². The molecule has 0 N–H and O–H groups in total. The van der Waals surface area contributed by atoms with E-state index in [0.717, 1.165) is 24.5 Å². The van der Waals surface area contributed by atoms with E-state index in [-0.39, 0.29) is 0 Å². The number of ether oxygens (including phenoxy) is 1. The Morgan fingerprint density at radius 2 is 2.33 bits per heavy atom. The topological polar surface area (TPSA) is 21.6 Å². The molecule has 1 aromatic rings. The van der Waals surface area contributed by atoms with E-state index < -0.39 is 0 Å². The van der Waals surface area contributed by atoms with Crippen molar-refractivity contribution in [3.05, 3.63) is 29.8 Å². The van der Waals surface area contributed by atoms with Gasteiger partial charge in [0, 0.05) is 0 Å². The van der Waals surface area contributed by atoms with Gasteiger partial charge in [-0.05, 0) is 0 Å². The van der Waals surface area contributed by atoms with Crippen molar-refractivity contribution >= 4 is 37.6 Å². The fraction of sp³-hybridized carbons (Fsp3) is 0.364. The third-order valence-electron chi connectivity index (χ3n) is 2.38. The fourth-order valence-electron chi connectivity index (χ4n) is 1.48. The molecule has 15 heavy (non-hydrogen) atoms. The average Bonchev–Trinajstić information content (AvgIpc) is 2.77. The van der Waals surface area contributed by atoms with Crippen molar-refractivity contribution < 1.29 is 4.74 Å². The Hall–Kier alpha value is -0.311. The van der Waals surface area contributed by atoms with Crippen molar-refractivity contribution in [1.29, 1.82) is 0 Å². The molecule has 0 saturated heterocycles. The predicted octanol–water partition coefficient (Wildman–Crippen LogP) is 1.88. The molecule has 1 heterocycles. The summed E-state index contributed by atoms with van der Waals surface area (Å²) in [7, 11) is 0. The second-order valence-corrected chi connectivity index (χ2v) is 6.31. The summed E-state index contributed by atoms with van der Waals surface area (Å²) < 4.78 is 6.92. The molecule has 0 aliphatic carbocycles. The van der Waals surface area contributed by atoms with Crippen LogP contribution >= 0.6 is 14.1 Å². The van der Waals surface area contributed by atoms with Gasteiger partial charge in [0.05, 0.1) is 0 Å². The Bertz CT molecular complexity index is 381. The van der Waals surface area contributed by atoms with Crippen molar-refractivity contribution in [2.45, 2.75) is 19.4 Å². The molecule has 2 rings (SSSR count). The Morgan fingerprint density at radius 3 is 3.00 bits per heavy atom. The Kier molecular flexibility index (Phi) is 3.84. The van der Waals surface area contributed by atoms with Gasteiger partial charge in [0.2, 0.25) is 0 Å². The summed E-state index contributed by atoms with van der Waals surface area (Å²) in [5.74, 6) is 0.818. The molecule has 80 valence electrons. The van der Waals surface area contributed by atoms with Crippen molar-refractivity contribution in [2.24, 2.45) is 4.99 Å². The summed E-state index contributed by atoms with van der Waals surface area (Å²) in [6.07, 6.45) is 1.05.